The lowest BCUT2D eigenvalue weighted by Gasteiger charge is -2.33. The summed E-state index contributed by atoms with van der Waals surface area (Å²) in [5, 5.41) is 6.58. The van der Waals surface area contributed by atoms with Gasteiger partial charge in [0.25, 0.3) is 0 Å². The zero-order valence-corrected chi connectivity index (χ0v) is 11.2. The van der Waals surface area contributed by atoms with Crippen LogP contribution in [0.1, 0.15) is 46.0 Å². The summed E-state index contributed by atoms with van der Waals surface area (Å²) in [7, 11) is 0. The van der Waals surface area contributed by atoms with Gasteiger partial charge in [0.15, 0.2) is 0 Å². The summed E-state index contributed by atoms with van der Waals surface area (Å²) in [5.41, 5.74) is 0. The standard InChI is InChI=1S/C14H26N2O/c1-10-3-4-13(9-11(10)2)16-14(17)12-5-7-15-8-6-12/h10-13,15H,3-9H2,1-2H3,(H,16,17). The average molecular weight is 238 g/mol. The van der Waals surface area contributed by atoms with Crippen LogP contribution < -0.4 is 10.6 Å². The zero-order valence-electron chi connectivity index (χ0n) is 11.2. The molecule has 0 radical (unpaired) electrons. The van der Waals surface area contributed by atoms with Crippen LogP contribution in [0.5, 0.6) is 0 Å². The Hall–Kier alpha value is -0.570. The molecule has 2 fully saturated rings. The van der Waals surface area contributed by atoms with Crippen LogP contribution in [0.4, 0.5) is 0 Å². The smallest absolute Gasteiger partial charge is 0.223 e. The van der Waals surface area contributed by atoms with Crippen molar-refractivity contribution in [3.8, 4) is 0 Å². The van der Waals surface area contributed by atoms with Crippen molar-refractivity contribution in [1.29, 1.82) is 0 Å². The van der Waals surface area contributed by atoms with E-state index in [1.807, 2.05) is 0 Å². The van der Waals surface area contributed by atoms with Gasteiger partial charge in [0.1, 0.15) is 0 Å². The predicted molar refractivity (Wildman–Crippen MR) is 69.7 cm³/mol. The molecule has 1 saturated carbocycles. The monoisotopic (exact) mass is 238 g/mol. The van der Waals surface area contributed by atoms with E-state index in [0.29, 0.717) is 11.9 Å². The van der Waals surface area contributed by atoms with E-state index in [-0.39, 0.29) is 5.92 Å². The maximum Gasteiger partial charge on any atom is 0.223 e. The minimum absolute atomic E-state index is 0.255. The second kappa shape index (κ2) is 5.85. The molecule has 0 aromatic rings. The number of hydrogen-bond acceptors (Lipinski definition) is 2. The molecule has 17 heavy (non-hydrogen) atoms. The van der Waals surface area contributed by atoms with Crippen LogP contribution in [0.2, 0.25) is 0 Å². The molecule has 0 spiro atoms. The van der Waals surface area contributed by atoms with Crippen molar-refractivity contribution in [3.05, 3.63) is 0 Å². The first-order chi connectivity index (χ1) is 8.16. The number of rotatable bonds is 2. The van der Waals surface area contributed by atoms with Crippen LogP contribution >= 0.6 is 0 Å². The number of carbonyl (C=O) groups is 1. The Kier molecular flexibility index (Phi) is 4.43. The molecule has 2 rings (SSSR count). The summed E-state index contributed by atoms with van der Waals surface area (Å²) in [4.78, 5) is 12.1. The van der Waals surface area contributed by atoms with Crippen molar-refractivity contribution >= 4 is 5.91 Å². The van der Waals surface area contributed by atoms with Crippen molar-refractivity contribution in [3.63, 3.8) is 0 Å². The van der Waals surface area contributed by atoms with Gasteiger partial charge in [0.2, 0.25) is 5.91 Å². The number of carbonyl (C=O) groups excluding carboxylic acids is 1. The zero-order chi connectivity index (χ0) is 12.3. The van der Waals surface area contributed by atoms with E-state index in [2.05, 4.69) is 24.5 Å². The van der Waals surface area contributed by atoms with Crippen LogP contribution in [0, 0.1) is 17.8 Å². The third-order valence-corrected chi connectivity index (χ3v) is 4.65. The maximum atomic E-state index is 12.1. The van der Waals surface area contributed by atoms with E-state index in [4.69, 9.17) is 0 Å². The predicted octanol–water partition coefficient (Wildman–Crippen LogP) is 1.93. The van der Waals surface area contributed by atoms with Gasteiger partial charge in [0, 0.05) is 12.0 Å². The molecule has 0 bridgehead atoms. The fourth-order valence-corrected chi connectivity index (χ4v) is 3.08. The highest BCUT2D eigenvalue weighted by atomic mass is 16.1. The van der Waals surface area contributed by atoms with Crippen molar-refractivity contribution in [1.82, 2.24) is 10.6 Å². The Morgan fingerprint density at radius 2 is 1.76 bits per heavy atom. The molecule has 1 saturated heterocycles. The second-order valence-corrected chi connectivity index (χ2v) is 6.00. The Bertz CT molecular complexity index is 261. The summed E-state index contributed by atoms with van der Waals surface area (Å²) in [6.07, 6.45) is 5.60. The highest BCUT2D eigenvalue weighted by Crippen LogP contribution is 2.29. The molecule has 2 N–H and O–H groups in total. The van der Waals surface area contributed by atoms with Gasteiger partial charge < -0.3 is 10.6 Å². The normalized spacial score (nSPS) is 35.5. The Morgan fingerprint density at radius 1 is 1.06 bits per heavy atom. The molecule has 2 aliphatic rings. The van der Waals surface area contributed by atoms with Gasteiger partial charge in [-0.15, -0.1) is 0 Å². The Labute approximate surface area is 105 Å². The molecule has 1 amide bonds. The summed E-state index contributed by atoms with van der Waals surface area (Å²) >= 11 is 0. The molecule has 3 nitrogen and oxygen atoms in total. The number of hydrogen-bond donors (Lipinski definition) is 2. The van der Waals surface area contributed by atoms with Crippen LogP contribution in [0.25, 0.3) is 0 Å². The van der Waals surface area contributed by atoms with Crippen molar-refractivity contribution in [2.24, 2.45) is 17.8 Å². The molecule has 3 atom stereocenters. The van der Waals surface area contributed by atoms with E-state index in [9.17, 15) is 4.79 Å². The van der Waals surface area contributed by atoms with Gasteiger partial charge in [-0.25, -0.2) is 0 Å². The molecular formula is C14H26N2O. The van der Waals surface area contributed by atoms with Gasteiger partial charge in [-0.1, -0.05) is 13.8 Å². The van der Waals surface area contributed by atoms with Crippen LogP contribution in [0.3, 0.4) is 0 Å². The van der Waals surface area contributed by atoms with E-state index < -0.39 is 0 Å². The van der Waals surface area contributed by atoms with E-state index in [0.717, 1.165) is 44.2 Å². The minimum atomic E-state index is 0.255. The third-order valence-electron chi connectivity index (χ3n) is 4.65. The highest BCUT2D eigenvalue weighted by molar-refractivity contribution is 5.79. The highest BCUT2D eigenvalue weighted by Gasteiger charge is 2.28. The van der Waals surface area contributed by atoms with Crippen LogP contribution in [-0.2, 0) is 4.79 Å². The summed E-state index contributed by atoms with van der Waals surface area (Å²) < 4.78 is 0. The van der Waals surface area contributed by atoms with E-state index in [1.165, 1.54) is 12.8 Å². The first kappa shape index (κ1) is 12.9. The second-order valence-electron chi connectivity index (χ2n) is 6.00. The largest absolute Gasteiger partial charge is 0.353 e. The Balaban J connectivity index is 1.78. The van der Waals surface area contributed by atoms with Crippen molar-refractivity contribution < 1.29 is 4.79 Å². The third kappa shape index (κ3) is 3.44. The molecular weight excluding hydrogens is 212 g/mol. The molecule has 1 heterocycles. The minimum Gasteiger partial charge on any atom is -0.353 e. The first-order valence-corrected chi connectivity index (χ1v) is 7.18. The molecule has 1 aliphatic heterocycles. The molecule has 3 heteroatoms. The summed E-state index contributed by atoms with van der Waals surface area (Å²) in [6, 6.07) is 0.434. The number of nitrogens with one attached hydrogen (secondary N) is 2. The summed E-state index contributed by atoms with van der Waals surface area (Å²) in [6.45, 7) is 6.63. The van der Waals surface area contributed by atoms with Crippen molar-refractivity contribution in [2.45, 2.75) is 52.0 Å². The van der Waals surface area contributed by atoms with Gasteiger partial charge in [-0.3, -0.25) is 4.79 Å². The molecule has 3 unspecified atom stereocenters. The quantitative estimate of drug-likeness (QED) is 0.772. The summed E-state index contributed by atoms with van der Waals surface area (Å²) in [5.74, 6) is 2.13. The SMILES string of the molecule is CC1CCC(NC(=O)C2CCNCC2)CC1C. The van der Waals surface area contributed by atoms with Crippen LogP contribution in [-0.4, -0.2) is 25.0 Å². The first-order valence-electron chi connectivity index (χ1n) is 7.18. The average Bonchev–Trinajstić information content (AvgIpc) is 2.35. The lowest BCUT2D eigenvalue weighted by atomic mass is 9.79. The van der Waals surface area contributed by atoms with Gasteiger partial charge in [-0.2, -0.15) is 0 Å². The fraction of sp³-hybridized carbons (Fsp3) is 0.929. The molecule has 1 aliphatic carbocycles. The van der Waals surface area contributed by atoms with Gasteiger partial charge in [0.05, 0.1) is 0 Å². The van der Waals surface area contributed by atoms with Crippen molar-refractivity contribution in [2.75, 3.05) is 13.1 Å². The van der Waals surface area contributed by atoms with E-state index >= 15 is 0 Å². The number of piperidine rings is 1. The maximum absolute atomic E-state index is 12.1. The van der Waals surface area contributed by atoms with Gasteiger partial charge in [-0.05, 0) is 57.0 Å². The lowest BCUT2D eigenvalue weighted by molar-refractivity contribution is -0.126. The fourth-order valence-electron chi connectivity index (χ4n) is 3.08. The van der Waals surface area contributed by atoms with Crippen LogP contribution in [0.15, 0.2) is 0 Å². The molecule has 0 aromatic heterocycles. The number of amides is 1. The lowest BCUT2D eigenvalue weighted by Crippen LogP contribution is -2.45. The topological polar surface area (TPSA) is 41.1 Å². The van der Waals surface area contributed by atoms with Gasteiger partial charge >= 0.3 is 0 Å². The van der Waals surface area contributed by atoms with E-state index in [1.54, 1.807) is 0 Å². The Morgan fingerprint density at radius 3 is 2.41 bits per heavy atom. The molecule has 98 valence electrons. The molecule has 0 aromatic carbocycles.